The molecule has 0 bridgehead atoms. The minimum atomic E-state index is -4.11. The Morgan fingerprint density at radius 1 is 1.45 bits per heavy atom. The summed E-state index contributed by atoms with van der Waals surface area (Å²) in [6, 6.07) is -1.42. The average Bonchev–Trinajstić information content (AvgIpc) is 2.51. The second-order valence-electron chi connectivity index (χ2n) is 4.41. The molecule has 2 amide bonds. The van der Waals surface area contributed by atoms with Crippen LogP contribution in [0.2, 0.25) is 0 Å². The Labute approximate surface area is 121 Å². The average molecular weight is 326 g/mol. The predicted octanol–water partition coefficient (Wildman–Crippen LogP) is -1.82. The van der Waals surface area contributed by atoms with Crippen LogP contribution in [-0.2, 0) is 19.6 Å². The Balaban J connectivity index is 3.02. The molecule has 0 aromatic rings. The van der Waals surface area contributed by atoms with Gasteiger partial charge >= 0.3 is 0 Å². The Kier molecular flexibility index (Phi) is 4.97. The van der Waals surface area contributed by atoms with E-state index in [1.807, 2.05) is 4.72 Å². The van der Waals surface area contributed by atoms with Crippen molar-refractivity contribution in [2.45, 2.75) is 19.4 Å². The molecule has 1 atom stereocenters. The molecule has 0 aromatic heterocycles. The number of nitrogens with two attached hydrogens (primary N) is 2. The SMILES string of the molecule is CC1=C(S(=O)(=O)N[C@@H](CC(N)=O)C(N)=O)N(Cl)N(C)C1. The van der Waals surface area contributed by atoms with Gasteiger partial charge in [-0.15, -0.1) is 0 Å². The van der Waals surface area contributed by atoms with E-state index < -0.39 is 34.3 Å². The van der Waals surface area contributed by atoms with Crippen molar-refractivity contribution in [1.29, 1.82) is 0 Å². The van der Waals surface area contributed by atoms with Crippen molar-refractivity contribution in [3.05, 3.63) is 10.6 Å². The van der Waals surface area contributed by atoms with Crippen LogP contribution >= 0.6 is 11.8 Å². The summed E-state index contributed by atoms with van der Waals surface area (Å²) in [7, 11) is -2.52. The molecule has 0 saturated heterocycles. The summed E-state index contributed by atoms with van der Waals surface area (Å²) < 4.78 is 27.4. The zero-order valence-corrected chi connectivity index (χ0v) is 12.5. The number of hydrogen-bond donors (Lipinski definition) is 3. The maximum Gasteiger partial charge on any atom is 0.259 e. The lowest BCUT2D eigenvalue weighted by Crippen LogP contribution is -2.48. The first-order valence-corrected chi connectivity index (χ1v) is 7.35. The Bertz CT molecular complexity index is 561. The van der Waals surface area contributed by atoms with E-state index in [0.29, 0.717) is 12.1 Å². The van der Waals surface area contributed by atoms with Crippen LogP contribution in [0.25, 0.3) is 0 Å². The van der Waals surface area contributed by atoms with Crippen molar-refractivity contribution >= 4 is 33.6 Å². The molecule has 0 spiro atoms. The second kappa shape index (κ2) is 5.95. The largest absolute Gasteiger partial charge is 0.370 e. The number of hydrazine groups is 1. The highest BCUT2D eigenvalue weighted by atomic mass is 35.5. The molecule has 11 heteroatoms. The third-order valence-electron chi connectivity index (χ3n) is 2.60. The molecular formula is C9H16ClN5O4S. The third-order valence-corrected chi connectivity index (χ3v) is 4.75. The monoisotopic (exact) mass is 325 g/mol. The van der Waals surface area contributed by atoms with Crippen molar-refractivity contribution in [1.82, 2.24) is 14.3 Å². The number of nitrogens with zero attached hydrogens (tertiary/aromatic N) is 2. The van der Waals surface area contributed by atoms with Crippen LogP contribution in [0.5, 0.6) is 0 Å². The summed E-state index contributed by atoms with van der Waals surface area (Å²) in [5.74, 6) is -1.86. The van der Waals surface area contributed by atoms with E-state index in [0.717, 1.165) is 4.53 Å². The second-order valence-corrected chi connectivity index (χ2v) is 6.36. The number of hydrogen-bond acceptors (Lipinski definition) is 6. The maximum absolute atomic E-state index is 12.2. The van der Waals surface area contributed by atoms with Crippen LogP contribution in [0.15, 0.2) is 10.6 Å². The zero-order valence-electron chi connectivity index (χ0n) is 11.0. The highest BCUT2D eigenvalue weighted by molar-refractivity contribution is 7.93. The normalized spacial score (nSPS) is 18.4. The molecular weight excluding hydrogens is 310 g/mol. The van der Waals surface area contributed by atoms with Crippen LogP contribution in [0.1, 0.15) is 13.3 Å². The van der Waals surface area contributed by atoms with Crippen LogP contribution in [0, 0.1) is 0 Å². The molecule has 1 aliphatic rings. The lowest BCUT2D eigenvalue weighted by atomic mass is 10.2. The summed E-state index contributed by atoms with van der Waals surface area (Å²) in [4.78, 5) is 22.0. The van der Waals surface area contributed by atoms with Gasteiger partial charge in [-0.05, 0) is 12.5 Å². The number of halogens is 1. The highest BCUT2D eigenvalue weighted by Gasteiger charge is 2.36. The molecule has 0 fully saturated rings. The van der Waals surface area contributed by atoms with Gasteiger partial charge in [0.2, 0.25) is 11.8 Å². The summed E-state index contributed by atoms with van der Waals surface area (Å²) in [6.07, 6.45) is -0.529. The number of amides is 2. The molecule has 0 aromatic carbocycles. The first kappa shape index (κ1) is 16.7. The molecule has 0 aliphatic carbocycles. The van der Waals surface area contributed by atoms with Gasteiger partial charge in [0.25, 0.3) is 10.0 Å². The highest BCUT2D eigenvalue weighted by Crippen LogP contribution is 2.27. The fourth-order valence-corrected chi connectivity index (χ4v) is 3.78. The van der Waals surface area contributed by atoms with Gasteiger partial charge in [-0.1, -0.05) is 0 Å². The third kappa shape index (κ3) is 3.60. The zero-order chi connectivity index (χ0) is 15.7. The van der Waals surface area contributed by atoms with E-state index in [4.69, 9.17) is 23.2 Å². The summed E-state index contributed by atoms with van der Waals surface area (Å²) in [6.45, 7) is 1.90. The minimum Gasteiger partial charge on any atom is -0.370 e. The molecule has 0 saturated carbocycles. The minimum absolute atomic E-state index is 0.197. The standard InChI is InChI=1S/C9H16ClN5O4S/c1-5-4-14(2)15(10)9(5)20(18,19)13-6(8(12)17)3-7(11)16/h6,13H,3-4H2,1-2H3,(H2,11,16)(H2,12,17)/t6-/m0/s1. The number of sulfonamides is 1. The van der Waals surface area contributed by atoms with E-state index in [1.54, 1.807) is 14.0 Å². The molecule has 9 nitrogen and oxygen atoms in total. The van der Waals surface area contributed by atoms with Crippen LogP contribution in [0.4, 0.5) is 0 Å². The molecule has 114 valence electrons. The predicted molar refractivity (Wildman–Crippen MR) is 71.9 cm³/mol. The number of primary amides is 2. The van der Waals surface area contributed by atoms with E-state index in [-0.39, 0.29) is 5.03 Å². The van der Waals surface area contributed by atoms with Crippen molar-refractivity contribution in [3.63, 3.8) is 0 Å². The number of carbonyl (C=O) groups is 2. The molecule has 1 aliphatic heterocycles. The summed E-state index contributed by atoms with van der Waals surface area (Å²) >= 11 is 5.85. The quantitative estimate of drug-likeness (QED) is 0.491. The van der Waals surface area contributed by atoms with Gasteiger partial charge in [0, 0.05) is 25.4 Å². The fourth-order valence-electron chi connectivity index (χ4n) is 1.76. The topological polar surface area (TPSA) is 139 Å². The Hall–Kier alpha value is -1.36. The van der Waals surface area contributed by atoms with Gasteiger partial charge in [-0.3, -0.25) is 9.59 Å². The van der Waals surface area contributed by atoms with E-state index in [1.165, 1.54) is 5.01 Å². The molecule has 1 rings (SSSR count). The smallest absolute Gasteiger partial charge is 0.259 e. The van der Waals surface area contributed by atoms with Crippen molar-refractivity contribution in [3.8, 4) is 0 Å². The number of nitrogens with one attached hydrogen (secondary N) is 1. The van der Waals surface area contributed by atoms with Crippen molar-refractivity contribution in [2.24, 2.45) is 11.5 Å². The first-order valence-electron chi connectivity index (χ1n) is 5.53. The summed E-state index contributed by atoms with van der Waals surface area (Å²) in [5, 5.41) is 1.26. The van der Waals surface area contributed by atoms with Gasteiger partial charge in [0.05, 0.1) is 6.42 Å². The number of likely N-dealkylation sites (N-methyl/N-ethyl adjacent to an activating group) is 1. The van der Waals surface area contributed by atoms with Gasteiger partial charge in [-0.25, -0.2) is 18.0 Å². The Morgan fingerprint density at radius 2 is 2.00 bits per heavy atom. The molecule has 1 heterocycles. The van der Waals surface area contributed by atoms with Crippen LogP contribution < -0.4 is 16.2 Å². The van der Waals surface area contributed by atoms with Crippen molar-refractivity contribution in [2.75, 3.05) is 13.6 Å². The van der Waals surface area contributed by atoms with E-state index >= 15 is 0 Å². The summed E-state index contributed by atoms with van der Waals surface area (Å²) in [5.41, 5.74) is 10.5. The van der Waals surface area contributed by atoms with Gasteiger partial charge < -0.3 is 11.5 Å². The fraction of sp³-hybridized carbons (Fsp3) is 0.556. The van der Waals surface area contributed by atoms with Crippen LogP contribution in [0.3, 0.4) is 0 Å². The molecule has 0 radical (unpaired) electrons. The molecule has 0 unspecified atom stereocenters. The molecule has 20 heavy (non-hydrogen) atoms. The van der Waals surface area contributed by atoms with Crippen molar-refractivity contribution < 1.29 is 18.0 Å². The van der Waals surface area contributed by atoms with Gasteiger partial charge in [0.15, 0.2) is 5.03 Å². The van der Waals surface area contributed by atoms with Crippen LogP contribution in [-0.4, -0.2) is 49.4 Å². The lowest BCUT2D eigenvalue weighted by molar-refractivity contribution is -0.124. The van der Waals surface area contributed by atoms with E-state index in [2.05, 4.69) is 0 Å². The van der Waals surface area contributed by atoms with E-state index in [9.17, 15) is 18.0 Å². The first-order chi connectivity index (χ1) is 9.06. The lowest BCUT2D eigenvalue weighted by Gasteiger charge is -2.22. The number of carbonyl (C=O) groups excluding carboxylic acids is 2. The van der Waals surface area contributed by atoms with Gasteiger partial charge in [0.1, 0.15) is 6.04 Å². The Morgan fingerprint density at radius 3 is 2.35 bits per heavy atom. The maximum atomic E-state index is 12.2. The number of rotatable bonds is 6. The molecule has 5 N–H and O–H groups in total. The van der Waals surface area contributed by atoms with Gasteiger partial charge in [-0.2, -0.15) is 4.72 Å².